The molecule has 0 saturated carbocycles. The van der Waals surface area contributed by atoms with Gasteiger partial charge in [-0.05, 0) is 18.4 Å². The zero-order valence-electron chi connectivity index (χ0n) is 6.53. The van der Waals surface area contributed by atoms with E-state index in [0.29, 0.717) is 11.1 Å². The first-order chi connectivity index (χ1) is 5.83. The highest BCUT2D eigenvalue weighted by Gasteiger charge is 2.05. The Kier molecular flexibility index (Phi) is 2.74. The number of hydrogen-bond donors (Lipinski definition) is 0. The Hall–Kier alpha value is -1.45. The molecule has 2 nitrogen and oxygen atoms in total. The van der Waals surface area contributed by atoms with Gasteiger partial charge in [0, 0.05) is 4.90 Å². The third-order valence-corrected chi connectivity index (χ3v) is 2.26. The number of thioether (sulfide) groups is 1. The third kappa shape index (κ3) is 1.42. The highest BCUT2D eigenvalue weighted by molar-refractivity contribution is 7.98. The highest BCUT2D eigenvalue weighted by Crippen LogP contribution is 2.21. The molecule has 1 aromatic rings. The Labute approximate surface area is 75.4 Å². The summed E-state index contributed by atoms with van der Waals surface area (Å²) in [6.07, 6.45) is 1.89. The molecular weight excluding hydrogens is 168 g/mol. The lowest BCUT2D eigenvalue weighted by Crippen LogP contribution is -1.85. The van der Waals surface area contributed by atoms with Crippen LogP contribution < -0.4 is 0 Å². The summed E-state index contributed by atoms with van der Waals surface area (Å²) in [5.41, 5.74) is 0.928. The standard InChI is InChI=1S/C9H6N2S/c1-12-9-4-2-3-7(5-10)8(9)6-11/h2-4H,1H3. The third-order valence-electron chi connectivity index (χ3n) is 1.48. The lowest BCUT2D eigenvalue weighted by Gasteiger charge is -1.99. The van der Waals surface area contributed by atoms with Crippen molar-refractivity contribution in [1.82, 2.24) is 0 Å². The average molecular weight is 174 g/mol. The summed E-state index contributed by atoms with van der Waals surface area (Å²) in [4.78, 5) is 0.858. The van der Waals surface area contributed by atoms with Crippen LogP contribution in [0.1, 0.15) is 11.1 Å². The van der Waals surface area contributed by atoms with E-state index >= 15 is 0 Å². The maximum atomic E-state index is 8.75. The number of hydrogen-bond acceptors (Lipinski definition) is 3. The van der Waals surface area contributed by atoms with Crippen LogP contribution in [0.2, 0.25) is 0 Å². The Morgan fingerprint density at radius 2 is 2.00 bits per heavy atom. The molecule has 0 atom stereocenters. The van der Waals surface area contributed by atoms with Gasteiger partial charge in [-0.25, -0.2) is 0 Å². The van der Waals surface area contributed by atoms with Gasteiger partial charge < -0.3 is 0 Å². The van der Waals surface area contributed by atoms with E-state index in [1.165, 1.54) is 11.8 Å². The van der Waals surface area contributed by atoms with Gasteiger partial charge in [-0.2, -0.15) is 10.5 Å². The maximum absolute atomic E-state index is 8.75. The van der Waals surface area contributed by atoms with Crippen molar-refractivity contribution in [2.75, 3.05) is 6.26 Å². The van der Waals surface area contributed by atoms with E-state index in [1.807, 2.05) is 24.5 Å². The number of nitrogens with zero attached hydrogens (tertiary/aromatic N) is 2. The molecule has 0 N–H and O–H groups in total. The second kappa shape index (κ2) is 3.80. The second-order valence-corrected chi connectivity index (χ2v) is 2.95. The summed E-state index contributed by atoms with van der Waals surface area (Å²) < 4.78 is 0. The predicted molar refractivity (Wildman–Crippen MR) is 47.7 cm³/mol. The zero-order valence-corrected chi connectivity index (χ0v) is 7.35. The topological polar surface area (TPSA) is 47.6 Å². The summed E-state index contributed by atoms with van der Waals surface area (Å²) in [5.74, 6) is 0. The van der Waals surface area contributed by atoms with Gasteiger partial charge in [-0.3, -0.25) is 0 Å². The van der Waals surface area contributed by atoms with Gasteiger partial charge in [0.05, 0.1) is 11.1 Å². The van der Waals surface area contributed by atoms with Gasteiger partial charge in [0.1, 0.15) is 12.1 Å². The van der Waals surface area contributed by atoms with Crippen LogP contribution in [0.5, 0.6) is 0 Å². The normalized spacial score (nSPS) is 8.58. The molecule has 0 aliphatic rings. The Balaban J connectivity index is 3.37. The molecule has 1 rings (SSSR count). The van der Waals surface area contributed by atoms with E-state index in [-0.39, 0.29) is 0 Å². The van der Waals surface area contributed by atoms with Crippen molar-refractivity contribution >= 4 is 11.8 Å². The van der Waals surface area contributed by atoms with E-state index in [1.54, 1.807) is 12.1 Å². The first-order valence-corrected chi connectivity index (χ1v) is 4.53. The van der Waals surface area contributed by atoms with Gasteiger partial charge in [0.15, 0.2) is 0 Å². The molecule has 3 heteroatoms. The first-order valence-electron chi connectivity index (χ1n) is 3.30. The Morgan fingerprint density at radius 1 is 1.25 bits per heavy atom. The molecule has 0 radical (unpaired) electrons. The summed E-state index contributed by atoms with van der Waals surface area (Å²) in [6.45, 7) is 0. The van der Waals surface area contributed by atoms with E-state index in [2.05, 4.69) is 0 Å². The molecule has 0 spiro atoms. The van der Waals surface area contributed by atoms with Crippen LogP contribution >= 0.6 is 11.8 Å². The largest absolute Gasteiger partial charge is 0.192 e. The Morgan fingerprint density at radius 3 is 2.50 bits per heavy atom. The number of nitriles is 2. The zero-order chi connectivity index (χ0) is 8.97. The fraction of sp³-hybridized carbons (Fsp3) is 0.111. The molecule has 12 heavy (non-hydrogen) atoms. The highest BCUT2D eigenvalue weighted by atomic mass is 32.2. The van der Waals surface area contributed by atoms with Crippen molar-refractivity contribution in [3.8, 4) is 12.1 Å². The van der Waals surface area contributed by atoms with Gasteiger partial charge in [-0.1, -0.05) is 6.07 Å². The van der Waals surface area contributed by atoms with Crippen molar-refractivity contribution in [3.05, 3.63) is 29.3 Å². The summed E-state index contributed by atoms with van der Waals surface area (Å²) in [5, 5.41) is 17.4. The smallest absolute Gasteiger partial charge is 0.102 e. The Bertz CT molecular complexity index is 371. The lowest BCUT2D eigenvalue weighted by atomic mass is 10.1. The van der Waals surface area contributed by atoms with E-state index in [9.17, 15) is 0 Å². The van der Waals surface area contributed by atoms with E-state index in [0.717, 1.165) is 4.90 Å². The van der Waals surface area contributed by atoms with Crippen LogP contribution in [-0.2, 0) is 0 Å². The van der Waals surface area contributed by atoms with Crippen molar-refractivity contribution in [1.29, 1.82) is 10.5 Å². The molecule has 0 unspecified atom stereocenters. The molecule has 0 amide bonds. The SMILES string of the molecule is CSc1cccc(C#N)c1C#N. The molecule has 0 aromatic heterocycles. The quantitative estimate of drug-likeness (QED) is 0.613. The summed E-state index contributed by atoms with van der Waals surface area (Å²) in [7, 11) is 0. The monoisotopic (exact) mass is 174 g/mol. The number of benzene rings is 1. The molecule has 1 aromatic carbocycles. The van der Waals surface area contributed by atoms with Gasteiger partial charge in [0.25, 0.3) is 0 Å². The number of rotatable bonds is 1. The second-order valence-electron chi connectivity index (χ2n) is 2.11. The van der Waals surface area contributed by atoms with Crippen LogP contribution in [0.15, 0.2) is 23.1 Å². The fourth-order valence-corrected chi connectivity index (χ4v) is 1.48. The lowest BCUT2D eigenvalue weighted by molar-refractivity contribution is 1.33. The minimum atomic E-state index is 0.448. The molecule has 0 heterocycles. The van der Waals surface area contributed by atoms with Crippen LogP contribution in [0.25, 0.3) is 0 Å². The van der Waals surface area contributed by atoms with Crippen LogP contribution in [0, 0.1) is 22.7 Å². The van der Waals surface area contributed by atoms with Crippen LogP contribution in [0.4, 0.5) is 0 Å². The molecule has 0 aliphatic heterocycles. The summed E-state index contributed by atoms with van der Waals surface area (Å²) >= 11 is 1.48. The maximum Gasteiger partial charge on any atom is 0.102 e. The van der Waals surface area contributed by atoms with Crippen LogP contribution in [-0.4, -0.2) is 6.26 Å². The first kappa shape index (κ1) is 8.64. The molecule has 0 saturated heterocycles. The summed E-state index contributed by atoms with van der Waals surface area (Å²) in [6, 6.07) is 9.28. The minimum Gasteiger partial charge on any atom is -0.192 e. The molecular formula is C9H6N2S. The molecule has 0 fully saturated rings. The van der Waals surface area contributed by atoms with E-state index < -0.39 is 0 Å². The van der Waals surface area contributed by atoms with Gasteiger partial charge in [0.2, 0.25) is 0 Å². The molecule has 0 bridgehead atoms. The van der Waals surface area contributed by atoms with Crippen molar-refractivity contribution < 1.29 is 0 Å². The molecule has 58 valence electrons. The average Bonchev–Trinajstić information content (AvgIpc) is 2.16. The van der Waals surface area contributed by atoms with Gasteiger partial charge >= 0.3 is 0 Å². The molecule has 0 aliphatic carbocycles. The minimum absolute atomic E-state index is 0.448. The fourth-order valence-electron chi connectivity index (χ4n) is 0.910. The van der Waals surface area contributed by atoms with Crippen molar-refractivity contribution in [2.24, 2.45) is 0 Å². The van der Waals surface area contributed by atoms with Gasteiger partial charge in [-0.15, -0.1) is 11.8 Å². The van der Waals surface area contributed by atoms with Crippen molar-refractivity contribution in [3.63, 3.8) is 0 Å². The van der Waals surface area contributed by atoms with E-state index in [4.69, 9.17) is 10.5 Å². The van der Waals surface area contributed by atoms with Crippen molar-refractivity contribution in [2.45, 2.75) is 4.90 Å². The van der Waals surface area contributed by atoms with Crippen LogP contribution in [0.3, 0.4) is 0 Å². The predicted octanol–water partition coefficient (Wildman–Crippen LogP) is 2.15.